The minimum absolute atomic E-state index is 0.267. The highest BCUT2D eigenvalue weighted by Gasteiger charge is 2.12. The van der Waals surface area contributed by atoms with Crippen molar-refractivity contribution >= 4 is 44.2 Å². The summed E-state index contributed by atoms with van der Waals surface area (Å²) in [6.07, 6.45) is 3.25. The van der Waals surface area contributed by atoms with Gasteiger partial charge < -0.3 is 15.5 Å². The number of rotatable bonds is 2. The van der Waals surface area contributed by atoms with Gasteiger partial charge in [-0.2, -0.15) is 0 Å². The molecule has 0 spiro atoms. The molecule has 0 bridgehead atoms. The number of halogens is 2. The first-order valence-electron chi connectivity index (χ1n) is 5.49. The summed E-state index contributed by atoms with van der Waals surface area (Å²) < 4.78 is 19.0. The van der Waals surface area contributed by atoms with Gasteiger partial charge in [0.1, 0.15) is 11.5 Å². The number of anilines is 3. The van der Waals surface area contributed by atoms with Crippen molar-refractivity contribution in [2.24, 2.45) is 0 Å². The van der Waals surface area contributed by atoms with Crippen LogP contribution in [-0.2, 0) is 0 Å². The van der Waals surface area contributed by atoms with Crippen LogP contribution in [-0.4, -0.2) is 4.98 Å². The predicted octanol–water partition coefficient (Wildman–Crippen LogP) is 4.06. The lowest BCUT2D eigenvalue weighted by Gasteiger charge is -2.06. The average molecular weight is 322 g/mol. The summed E-state index contributed by atoms with van der Waals surface area (Å²) in [6.45, 7) is 0. The number of nitrogens with two attached hydrogens (primary N) is 1. The Morgan fingerprint density at radius 3 is 2.95 bits per heavy atom. The summed E-state index contributed by atoms with van der Waals surface area (Å²) in [5.41, 5.74) is 7.78. The van der Waals surface area contributed by atoms with Gasteiger partial charge in [0.15, 0.2) is 5.58 Å². The van der Waals surface area contributed by atoms with E-state index in [1.807, 2.05) is 0 Å². The molecular weight excluding hydrogens is 313 g/mol. The molecule has 6 heteroatoms. The number of nitrogen functional groups attached to an aromatic ring is 1. The number of aromatic nitrogens is 1. The second-order valence-electron chi connectivity index (χ2n) is 3.97. The van der Waals surface area contributed by atoms with E-state index in [0.717, 1.165) is 5.39 Å². The molecule has 0 radical (unpaired) electrons. The van der Waals surface area contributed by atoms with Gasteiger partial charge in [-0.25, -0.2) is 4.39 Å². The van der Waals surface area contributed by atoms with Crippen LogP contribution in [0, 0.1) is 5.82 Å². The molecule has 0 aliphatic heterocycles. The predicted molar refractivity (Wildman–Crippen MR) is 75.8 cm³/mol. The normalized spacial score (nSPS) is 10.8. The molecule has 1 aromatic carbocycles. The molecule has 3 N–H and O–H groups in total. The Bertz CT molecular complexity index is 757. The number of nitrogens with zero attached hydrogens (tertiary/aromatic N) is 1. The summed E-state index contributed by atoms with van der Waals surface area (Å²) in [5.74, 6) is -0.0526. The molecule has 2 aromatic heterocycles. The molecule has 3 aromatic rings. The molecule has 0 unspecified atom stereocenters. The first kappa shape index (κ1) is 12.0. The van der Waals surface area contributed by atoms with E-state index in [0.29, 0.717) is 21.4 Å². The molecule has 96 valence electrons. The Labute approximate surface area is 116 Å². The number of furan rings is 1. The van der Waals surface area contributed by atoms with E-state index in [2.05, 4.69) is 26.2 Å². The van der Waals surface area contributed by atoms with Crippen molar-refractivity contribution < 1.29 is 8.81 Å². The minimum Gasteiger partial charge on any atom is -0.437 e. The van der Waals surface area contributed by atoms with Gasteiger partial charge >= 0.3 is 0 Å². The molecular formula is C13H9BrFN3O. The van der Waals surface area contributed by atoms with Gasteiger partial charge in [0.2, 0.25) is 5.88 Å². The second-order valence-corrected chi connectivity index (χ2v) is 4.82. The summed E-state index contributed by atoms with van der Waals surface area (Å²) in [5, 5.41) is 3.95. The fourth-order valence-corrected chi connectivity index (χ4v) is 2.20. The molecule has 0 atom stereocenters. The highest BCUT2D eigenvalue weighted by Crippen LogP contribution is 2.35. The van der Waals surface area contributed by atoms with Gasteiger partial charge in [-0.15, -0.1) is 0 Å². The Morgan fingerprint density at radius 1 is 1.32 bits per heavy atom. The number of hydrogen-bond donors (Lipinski definition) is 2. The van der Waals surface area contributed by atoms with Gasteiger partial charge in [-0.3, -0.25) is 4.98 Å². The molecule has 0 amide bonds. The quantitative estimate of drug-likeness (QED) is 0.747. The fourth-order valence-electron chi connectivity index (χ4n) is 1.82. The number of benzene rings is 1. The summed E-state index contributed by atoms with van der Waals surface area (Å²) in [4.78, 5) is 3.97. The van der Waals surface area contributed by atoms with E-state index in [4.69, 9.17) is 10.2 Å². The first-order chi connectivity index (χ1) is 9.15. The van der Waals surface area contributed by atoms with Crippen LogP contribution < -0.4 is 11.1 Å². The third-order valence-electron chi connectivity index (χ3n) is 2.71. The Morgan fingerprint density at radius 2 is 2.16 bits per heavy atom. The van der Waals surface area contributed by atoms with Crippen molar-refractivity contribution in [1.82, 2.24) is 4.98 Å². The van der Waals surface area contributed by atoms with Crippen LogP contribution in [0.25, 0.3) is 11.0 Å². The van der Waals surface area contributed by atoms with Crippen LogP contribution in [0.1, 0.15) is 0 Å². The third-order valence-corrected chi connectivity index (χ3v) is 3.32. The maximum Gasteiger partial charge on any atom is 0.215 e. The Hall–Kier alpha value is -2.08. The van der Waals surface area contributed by atoms with Crippen LogP contribution >= 0.6 is 15.9 Å². The van der Waals surface area contributed by atoms with Crippen molar-refractivity contribution in [1.29, 1.82) is 0 Å². The summed E-state index contributed by atoms with van der Waals surface area (Å²) in [6, 6.07) is 6.43. The molecule has 0 saturated carbocycles. The lowest BCUT2D eigenvalue weighted by molar-refractivity contribution is 0.621. The maximum absolute atomic E-state index is 13.2. The van der Waals surface area contributed by atoms with Crippen LogP contribution in [0.3, 0.4) is 0 Å². The summed E-state index contributed by atoms with van der Waals surface area (Å²) >= 11 is 3.14. The number of hydrogen-bond acceptors (Lipinski definition) is 4. The van der Waals surface area contributed by atoms with Crippen molar-refractivity contribution in [2.75, 3.05) is 11.1 Å². The standard InChI is InChI=1S/C13H9BrFN3O/c14-9-5-7(1-2-10(9)15)18-12-8-3-4-17-6-11(8)19-13(12)16/h1-6,18H,16H2. The van der Waals surface area contributed by atoms with Gasteiger partial charge in [0.25, 0.3) is 0 Å². The van der Waals surface area contributed by atoms with E-state index in [-0.39, 0.29) is 11.7 Å². The van der Waals surface area contributed by atoms with Gasteiger partial charge in [-0.05, 0) is 40.2 Å². The van der Waals surface area contributed by atoms with E-state index < -0.39 is 0 Å². The van der Waals surface area contributed by atoms with Crippen molar-refractivity contribution in [3.8, 4) is 0 Å². The molecule has 0 saturated heterocycles. The van der Waals surface area contributed by atoms with Crippen LogP contribution in [0.4, 0.5) is 21.6 Å². The van der Waals surface area contributed by atoms with E-state index in [1.165, 1.54) is 6.07 Å². The molecule has 19 heavy (non-hydrogen) atoms. The van der Waals surface area contributed by atoms with Gasteiger partial charge in [0.05, 0.1) is 10.7 Å². The maximum atomic E-state index is 13.2. The molecule has 2 heterocycles. The Balaban J connectivity index is 2.05. The Kier molecular flexibility index (Phi) is 2.87. The molecule has 0 fully saturated rings. The van der Waals surface area contributed by atoms with Crippen LogP contribution in [0.2, 0.25) is 0 Å². The smallest absolute Gasteiger partial charge is 0.215 e. The van der Waals surface area contributed by atoms with E-state index in [1.54, 1.807) is 30.6 Å². The molecule has 4 nitrogen and oxygen atoms in total. The molecule has 3 rings (SSSR count). The highest BCUT2D eigenvalue weighted by atomic mass is 79.9. The van der Waals surface area contributed by atoms with E-state index in [9.17, 15) is 4.39 Å². The minimum atomic E-state index is -0.320. The second kappa shape index (κ2) is 4.55. The average Bonchev–Trinajstić information content (AvgIpc) is 2.71. The zero-order chi connectivity index (χ0) is 13.4. The van der Waals surface area contributed by atoms with Crippen molar-refractivity contribution in [3.63, 3.8) is 0 Å². The van der Waals surface area contributed by atoms with Gasteiger partial charge in [-0.1, -0.05) is 0 Å². The molecule has 0 aliphatic rings. The first-order valence-corrected chi connectivity index (χ1v) is 6.28. The lowest BCUT2D eigenvalue weighted by atomic mass is 10.2. The largest absolute Gasteiger partial charge is 0.437 e. The number of nitrogens with one attached hydrogen (secondary N) is 1. The zero-order valence-corrected chi connectivity index (χ0v) is 11.2. The highest BCUT2D eigenvalue weighted by molar-refractivity contribution is 9.10. The molecule has 0 aliphatic carbocycles. The van der Waals surface area contributed by atoms with E-state index >= 15 is 0 Å². The summed E-state index contributed by atoms with van der Waals surface area (Å²) in [7, 11) is 0. The van der Waals surface area contributed by atoms with Crippen LogP contribution in [0.5, 0.6) is 0 Å². The zero-order valence-electron chi connectivity index (χ0n) is 9.65. The topological polar surface area (TPSA) is 64.1 Å². The SMILES string of the molecule is Nc1oc2cnccc2c1Nc1ccc(F)c(Br)c1. The van der Waals surface area contributed by atoms with Crippen LogP contribution in [0.15, 0.2) is 45.5 Å². The fraction of sp³-hybridized carbons (Fsp3) is 0. The van der Waals surface area contributed by atoms with Gasteiger partial charge in [0, 0.05) is 17.3 Å². The van der Waals surface area contributed by atoms with Crippen molar-refractivity contribution in [2.45, 2.75) is 0 Å². The number of pyridine rings is 1. The number of fused-ring (bicyclic) bond motifs is 1. The van der Waals surface area contributed by atoms with Crippen molar-refractivity contribution in [3.05, 3.63) is 46.9 Å². The lowest BCUT2D eigenvalue weighted by Crippen LogP contribution is -1.94. The third kappa shape index (κ3) is 2.15. The monoisotopic (exact) mass is 321 g/mol.